The summed E-state index contributed by atoms with van der Waals surface area (Å²) in [6, 6.07) is 6.05. The summed E-state index contributed by atoms with van der Waals surface area (Å²) < 4.78 is 89.4. The molecule has 172 valence electrons. The minimum atomic E-state index is -4.99. The summed E-state index contributed by atoms with van der Waals surface area (Å²) in [5, 5.41) is 9.82. The minimum Gasteiger partial charge on any atom is -0.494 e. The summed E-state index contributed by atoms with van der Waals surface area (Å²) in [4.78, 5) is 3.20. The molecule has 1 aromatic heterocycles. The van der Waals surface area contributed by atoms with E-state index in [0.29, 0.717) is 26.9 Å². The van der Waals surface area contributed by atoms with Gasteiger partial charge < -0.3 is 19.6 Å². The summed E-state index contributed by atoms with van der Waals surface area (Å²) in [6.07, 6.45) is -9.58. The number of aromatic hydroxyl groups is 1. The normalized spacial score (nSPS) is 12.1. The molecule has 3 rings (SSSR count). The average Bonchev–Trinajstić information content (AvgIpc) is 3.01. The largest absolute Gasteiger partial charge is 0.494 e. The molecule has 3 aromatic rings. The highest BCUT2D eigenvalue weighted by atomic mass is 32.1. The number of aromatic amines is 1. The third kappa shape index (κ3) is 5.54. The second-order valence-corrected chi connectivity index (χ2v) is 8.38. The Labute approximate surface area is 187 Å². The molecule has 0 amide bonds. The predicted octanol–water partition coefficient (Wildman–Crippen LogP) is 6.73. The summed E-state index contributed by atoms with van der Waals surface area (Å²) in [6.45, 7) is -0.622. The van der Waals surface area contributed by atoms with Gasteiger partial charge in [-0.3, -0.25) is 0 Å². The smallest absolute Gasteiger partial charge is 0.416 e. The molecule has 0 saturated heterocycles. The number of alkyl halides is 6. The Hall–Kier alpha value is -2.73. The van der Waals surface area contributed by atoms with E-state index in [1.54, 1.807) is 12.1 Å². The molecule has 2 N–H and O–H groups in total. The molecule has 0 bridgehead atoms. The van der Waals surface area contributed by atoms with E-state index in [1.807, 2.05) is 0 Å². The van der Waals surface area contributed by atoms with Crippen LogP contribution in [0.15, 0.2) is 36.4 Å². The molecule has 12 heteroatoms. The van der Waals surface area contributed by atoms with Gasteiger partial charge in [-0.05, 0) is 42.0 Å². The molecule has 0 aliphatic carbocycles. The van der Waals surface area contributed by atoms with Crippen LogP contribution in [0.5, 0.6) is 17.4 Å². The minimum absolute atomic E-state index is 0.0544. The molecule has 0 aliphatic heterocycles. The summed E-state index contributed by atoms with van der Waals surface area (Å²) in [7, 11) is 1.34. The van der Waals surface area contributed by atoms with Gasteiger partial charge in [0.2, 0.25) is 5.88 Å². The fraction of sp³-hybridized carbons (Fsp3) is 0.250. The van der Waals surface area contributed by atoms with Gasteiger partial charge in [0.1, 0.15) is 6.61 Å². The van der Waals surface area contributed by atoms with Gasteiger partial charge in [0.15, 0.2) is 15.5 Å². The average molecular weight is 495 g/mol. The van der Waals surface area contributed by atoms with Crippen molar-refractivity contribution in [2.45, 2.75) is 25.4 Å². The first-order chi connectivity index (χ1) is 14.9. The Morgan fingerprint density at radius 3 is 2.28 bits per heavy atom. The third-order valence-electron chi connectivity index (χ3n) is 4.42. The van der Waals surface area contributed by atoms with Crippen molar-refractivity contribution in [2.75, 3.05) is 7.11 Å². The number of hydrogen-bond donors (Lipinski definition) is 2. The van der Waals surface area contributed by atoms with Crippen LogP contribution in [-0.2, 0) is 25.4 Å². The molecule has 0 radical (unpaired) electrons. The van der Waals surface area contributed by atoms with Crippen molar-refractivity contribution >= 4 is 23.6 Å². The first-order valence-corrected chi connectivity index (χ1v) is 10.1. The summed E-state index contributed by atoms with van der Waals surface area (Å²) in [5.41, 5.74) is -2.56. The molecule has 2 aromatic carbocycles. The monoisotopic (exact) mass is 495 g/mol. The van der Waals surface area contributed by atoms with Crippen LogP contribution in [-0.4, -0.2) is 17.2 Å². The van der Waals surface area contributed by atoms with Gasteiger partial charge in [-0.2, -0.15) is 26.3 Å². The molecule has 4 nitrogen and oxygen atoms in total. The van der Waals surface area contributed by atoms with E-state index in [4.69, 9.17) is 21.7 Å². The van der Waals surface area contributed by atoms with Crippen LogP contribution in [0.2, 0.25) is 0 Å². The Morgan fingerprint density at radius 2 is 1.72 bits per heavy atom. The summed E-state index contributed by atoms with van der Waals surface area (Å²) >= 11 is 6.16. The molecule has 32 heavy (non-hydrogen) atoms. The van der Waals surface area contributed by atoms with E-state index in [0.717, 1.165) is 6.07 Å². The van der Waals surface area contributed by atoms with Crippen LogP contribution < -0.4 is 9.47 Å². The lowest BCUT2D eigenvalue weighted by Gasteiger charge is -2.17. The van der Waals surface area contributed by atoms with E-state index >= 15 is 0 Å². The highest BCUT2D eigenvalue weighted by molar-refractivity contribution is 7.73. The third-order valence-corrected chi connectivity index (χ3v) is 5.64. The van der Waals surface area contributed by atoms with Gasteiger partial charge in [0.05, 0.1) is 23.1 Å². The van der Waals surface area contributed by atoms with Crippen LogP contribution in [0.4, 0.5) is 26.3 Å². The molecule has 0 aliphatic rings. The lowest BCUT2D eigenvalue weighted by Crippen LogP contribution is -2.14. The van der Waals surface area contributed by atoms with E-state index in [2.05, 4.69) is 4.98 Å². The molecule has 0 saturated carbocycles. The van der Waals surface area contributed by atoms with Gasteiger partial charge in [0, 0.05) is 12.0 Å². The highest BCUT2D eigenvalue weighted by Gasteiger charge is 2.38. The first kappa shape index (κ1) is 23.9. The Kier molecular flexibility index (Phi) is 6.75. The Balaban J connectivity index is 1.83. The maximum absolute atomic E-state index is 13.3. The van der Waals surface area contributed by atoms with Crippen LogP contribution >= 0.6 is 23.6 Å². The van der Waals surface area contributed by atoms with Crippen molar-refractivity contribution in [1.29, 1.82) is 0 Å². The van der Waals surface area contributed by atoms with Gasteiger partial charge in [0.25, 0.3) is 0 Å². The zero-order chi connectivity index (χ0) is 23.7. The topological polar surface area (TPSA) is 54.5 Å². The van der Waals surface area contributed by atoms with Gasteiger partial charge in [-0.15, -0.1) is 11.3 Å². The number of H-pyrrole nitrogens is 1. The van der Waals surface area contributed by atoms with E-state index in [1.165, 1.54) is 24.5 Å². The fourth-order valence-electron chi connectivity index (χ4n) is 2.90. The second kappa shape index (κ2) is 9.02. The van der Waals surface area contributed by atoms with E-state index < -0.39 is 35.6 Å². The number of aromatic nitrogens is 1. The fourth-order valence-corrected chi connectivity index (χ4v) is 4.05. The second-order valence-electron chi connectivity index (χ2n) is 6.60. The van der Waals surface area contributed by atoms with Crippen LogP contribution in [0.3, 0.4) is 0 Å². The lowest BCUT2D eigenvalue weighted by atomic mass is 10.0. The molecular formula is C20H15F6NO3S2. The number of halogens is 6. The van der Waals surface area contributed by atoms with Crippen molar-refractivity contribution < 1.29 is 40.9 Å². The van der Waals surface area contributed by atoms with Crippen molar-refractivity contribution in [3.8, 4) is 17.4 Å². The van der Waals surface area contributed by atoms with Crippen molar-refractivity contribution in [2.24, 2.45) is 0 Å². The van der Waals surface area contributed by atoms with Crippen LogP contribution in [0, 0.1) is 3.95 Å². The van der Waals surface area contributed by atoms with Crippen molar-refractivity contribution in [3.05, 3.63) is 67.5 Å². The standard InChI is InChI=1S/C20H15F6NO3S2/c1-29-15-6-10(7-16-17(28)27-18(31)32-16)2-5-14(15)30-9-11-3-4-12(19(21,22)23)8-13(11)20(24,25)26/h2-6,8,28H,7,9H2,1H3,(H,27,31). The zero-order valence-corrected chi connectivity index (χ0v) is 17.9. The van der Waals surface area contributed by atoms with E-state index in [9.17, 15) is 31.4 Å². The molecule has 1 heterocycles. The number of methoxy groups -OCH3 is 1. The number of benzene rings is 2. The zero-order valence-electron chi connectivity index (χ0n) is 16.2. The number of rotatable bonds is 6. The highest BCUT2D eigenvalue weighted by Crippen LogP contribution is 2.38. The molecular weight excluding hydrogens is 480 g/mol. The van der Waals surface area contributed by atoms with Crippen molar-refractivity contribution in [3.63, 3.8) is 0 Å². The Morgan fingerprint density at radius 1 is 1.00 bits per heavy atom. The van der Waals surface area contributed by atoms with E-state index in [-0.39, 0.29) is 23.4 Å². The molecule has 0 atom stereocenters. The van der Waals surface area contributed by atoms with Gasteiger partial charge >= 0.3 is 12.4 Å². The number of thiazole rings is 1. The number of nitrogens with one attached hydrogen (secondary N) is 1. The maximum atomic E-state index is 13.3. The van der Waals surface area contributed by atoms with Crippen LogP contribution in [0.25, 0.3) is 0 Å². The first-order valence-electron chi connectivity index (χ1n) is 8.86. The molecule has 0 unspecified atom stereocenters. The Bertz CT molecular complexity index is 1170. The molecule has 0 spiro atoms. The van der Waals surface area contributed by atoms with Crippen LogP contribution in [0.1, 0.15) is 27.1 Å². The molecule has 0 fully saturated rings. The summed E-state index contributed by atoms with van der Waals surface area (Å²) in [5.74, 6) is 0.262. The maximum Gasteiger partial charge on any atom is 0.416 e. The predicted molar refractivity (Wildman–Crippen MR) is 108 cm³/mol. The number of ether oxygens (including phenoxy) is 2. The van der Waals surface area contributed by atoms with Gasteiger partial charge in [-0.25, -0.2) is 0 Å². The van der Waals surface area contributed by atoms with Gasteiger partial charge in [-0.1, -0.05) is 12.1 Å². The van der Waals surface area contributed by atoms with Crippen molar-refractivity contribution in [1.82, 2.24) is 4.98 Å². The quantitative estimate of drug-likeness (QED) is 0.294. The SMILES string of the molecule is COc1cc(Cc2sc(=S)[nH]c2O)ccc1OCc1ccc(C(F)(F)F)cc1C(F)(F)F. The number of hydrogen-bond acceptors (Lipinski definition) is 5. The lowest BCUT2D eigenvalue weighted by molar-refractivity contribution is -0.143.